The summed E-state index contributed by atoms with van der Waals surface area (Å²) in [7, 11) is 1.31. The van der Waals surface area contributed by atoms with Crippen molar-refractivity contribution in [2.45, 2.75) is 0 Å². The fourth-order valence-corrected chi connectivity index (χ4v) is 0.988. The van der Waals surface area contributed by atoms with Gasteiger partial charge in [0.1, 0.15) is 5.69 Å². The van der Waals surface area contributed by atoms with Crippen molar-refractivity contribution >= 4 is 11.4 Å². The van der Waals surface area contributed by atoms with Gasteiger partial charge in [0.25, 0.3) is 0 Å². The average Bonchev–Trinajstić information content (AvgIpc) is 2.17. The van der Waals surface area contributed by atoms with Crippen LogP contribution in [0.3, 0.4) is 0 Å². The normalized spacial score (nSPS) is 8.93. The van der Waals surface area contributed by atoms with E-state index in [1.165, 1.54) is 25.3 Å². The van der Waals surface area contributed by atoms with Crippen molar-refractivity contribution in [2.24, 2.45) is 5.11 Å². The number of rotatable bonds is 3. The Morgan fingerprint density at radius 3 is 2.86 bits per heavy atom. The zero-order valence-corrected chi connectivity index (χ0v) is 7.25. The minimum atomic E-state index is -0.650. The summed E-state index contributed by atoms with van der Waals surface area (Å²) >= 11 is 0. The second-order valence-corrected chi connectivity index (χ2v) is 2.27. The van der Waals surface area contributed by atoms with Gasteiger partial charge in [0.2, 0.25) is 0 Å². The van der Waals surface area contributed by atoms with E-state index in [0.29, 0.717) is 0 Å². The van der Waals surface area contributed by atoms with Gasteiger partial charge in [0.15, 0.2) is 5.75 Å². The van der Waals surface area contributed by atoms with Gasteiger partial charge < -0.3 is 4.74 Å². The smallest absolute Gasteiger partial charge is 0.320 e. The van der Waals surface area contributed by atoms with Crippen molar-refractivity contribution in [1.82, 2.24) is 0 Å². The van der Waals surface area contributed by atoms with Crippen molar-refractivity contribution in [3.63, 3.8) is 0 Å². The maximum Gasteiger partial charge on any atom is 0.320 e. The molecule has 1 aromatic carbocycles. The number of nitrogens with zero attached hydrogens (tertiary/aromatic N) is 4. The Labute approximate surface area is 78.7 Å². The minimum absolute atomic E-state index is 0.0585. The zero-order chi connectivity index (χ0) is 10.6. The van der Waals surface area contributed by atoms with E-state index in [1.807, 2.05) is 0 Å². The molecule has 0 bridgehead atoms. The molecule has 0 atom stereocenters. The summed E-state index contributed by atoms with van der Waals surface area (Å²) in [5.74, 6) is 0.0694. The van der Waals surface area contributed by atoms with Gasteiger partial charge >= 0.3 is 5.69 Å². The summed E-state index contributed by atoms with van der Waals surface area (Å²) in [5.41, 5.74) is 7.80. The number of hydrogen-bond donors (Lipinski definition) is 0. The lowest BCUT2D eigenvalue weighted by atomic mass is 10.2. The van der Waals surface area contributed by atoms with Crippen molar-refractivity contribution in [2.75, 3.05) is 7.11 Å². The second-order valence-electron chi connectivity index (χ2n) is 2.27. The molecule has 0 aromatic heterocycles. The fourth-order valence-electron chi connectivity index (χ4n) is 0.988. The first-order valence-electron chi connectivity index (χ1n) is 3.57. The largest absolute Gasteiger partial charge is 0.490 e. The Balaban J connectivity index is 3.42. The molecular formula is C7H6N4O3. The summed E-state index contributed by atoms with van der Waals surface area (Å²) in [6.45, 7) is 0. The number of nitro benzene ring substituents is 1. The van der Waals surface area contributed by atoms with Crippen LogP contribution in [-0.4, -0.2) is 12.0 Å². The highest BCUT2D eigenvalue weighted by Gasteiger charge is 2.18. The molecule has 0 aliphatic rings. The standard InChI is InChI=1S/C7H6N4O3/c1-14-6-4-2-3-5(9-10-8)7(6)11(12)13/h2-4H,1H3. The number of ether oxygens (including phenoxy) is 1. The van der Waals surface area contributed by atoms with E-state index in [-0.39, 0.29) is 17.1 Å². The van der Waals surface area contributed by atoms with Gasteiger partial charge in [-0.3, -0.25) is 10.1 Å². The van der Waals surface area contributed by atoms with Crippen LogP contribution in [0, 0.1) is 10.1 Å². The van der Waals surface area contributed by atoms with Crippen molar-refractivity contribution in [1.29, 1.82) is 0 Å². The number of benzene rings is 1. The molecule has 0 radical (unpaired) electrons. The maximum atomic E-state index is 10.6. The average molecular weight is 194 g/mol. The topological polar surface area (TPSA) is 101 Å². The Morgan fingerprint density at radius 2 is 2.36 bits per heavy atom. The SMILES string of the molecule is COc1cccc(N=[N+]=[N-])c1[N+](=O)[O-]. The summed E-state index contributed by atoms with van der Waals surface area (Å²) in [5, 5.41) is 13.8. The number of methoxy groups -OCH3 is 1. The van der Waals surface area contributed by atoms with E-state index in [2.05, 4.69) is 10.0 Å². The molecule has 1 aromatic rings. The van der Waals surface area contributed by atoms with Gasteiger partial charge in [-0.25, -0.2) is 0 Å². The summed E-state index contributed by atoms with van der Waals surface area (Å²) in [4.78, 5) is 12.5. The van der Waals surface area contributed by atoms with Gasteiger partial charge in [-0.1, -0.05) is 11.2 Å². The highest BCUT2D eigenvalue weighted by atomic mass is 16.6. The molecule has 14 heavy (non-hydrogen) atoms. The molecule has 0 fully saturated rings. The molecular weight excluding hydrogens is 188 g/mol. The molecule has 0 N–H and O–H groups in total. The summed E-state index contributed by atoms with van der Waals surface area (Å²) in [6.07, 6.45) is 0. The van der Waals surface area contributed by atoms with Gasteiger partial charge in [0, 0.05) is 4.91 Å². The van der Waals surface area contributed by atoms with Crippen LogP contribution in [0.25, 0.3) is 10.4 Å². The molecule has 0 saturated heterocycles. The summed E-state index contributed by atoms with van der Waals surface area (Å²) < 4.78 is 4.77. The van der Waals surface area contributed by atoms with Gasteiger partial charge in [-0.2, -0.15) is 0 Å². The minimum Gasteiger partial charge on any atom is -0.490 e. The van der Waals surface area contributed by atoms with Crippen LogP contribution in [0.4, 0.5) is 11.4 Å². The molecule has 0 aliphatic carbocycles. The van der Waals surface area contributed by atoms with Gasteiger partial charge in [-0.05, 0) is 17.7 Å². The van der Waals surface area contributed by atoms with Gasteiger partial charge in [-0.15, -0.1) is 0 Å². The van der Waals surface area contributed by atoms with Crippen molar-refractivity contribution in [3.05, 3.63) is 38.8 Å². The third-order valence-corrected chi connectivity index (χ3v) is 1.53. The summed E-state index contributed by atoms with van der Waals surface area (Å²) in [6, 6.07) is 4.28. The molecule has 0 aliphatic heterocycles. The Hall–Kier alpha value is -2.27. The van der Waals surface area contributed by atoms with E-state index < -0.39 is 4.92 Å². The lowest BCUT2D eigenvalue weighted by Gasteiger charge is -2.02. The fraction of sp³-hybridized carbons (Fsp3) is 0.143. The molecule has 0 amide bonds. The van der Waals surface area contributed by atoms with Crippen LogP contribution in [0.5, 0.6) is 5.75 Å². The van der Waals surface area contributed by atoms with Crippen LogP contribution in [0.15, 0.2) is 23.3 Å². The quantitative estimate of drug-likeness (QED) is 0.243. The molecule has 7 nitrogen and oxygen atoms in total. The van der Waals surface area contributed by atoms with Gasteiger partial charge in [0.05, 0.1) is 12.0 Å². The second kappa shape index (κ2) is 4.11. The Kier molecular flexibility index (Phi) is 2.88. The van der Waals surface area contributed by atoms with E-state index in [4.69, 9.17) is 10.3 Å². The van der Waals surface area contributed by atoms with E-state index in [1.54, 1.807) is 0 Å². The zero-order valence-electron chi connectivity index (χ0n) is 7.25. The monoisotopic (exact) mass is 194 g/mol. The van der Waals surface area contributed by atoms with Crippen LogP contribution in [0.1, 0.15) is 0 Å². The highest BCUT2D eigenvalue weighted by Crippen LogP contribution is 2.36. The van der Waals surface area contributed by atoms with Crippen molar-refractivity contribution < 1.29 is 9.66 Å². The maximum absolute atomic E-state index is 10.6. The lowest BCUT2D eigenvalue weighted by molar-refractivity contribution is -0.384. The highest BCUT2D eigenvalue weighted by molar-refractivity contribution is 5.65. The number of hydrogen-bond acceptors (Lipinski definition) is 4. The first-order chi connectivity index (χ1) is 6.70. The third-order valence-electron chi connectivity index (χ3n) is 1.53. The van der Waals surface area contributed by atoms with E-state index in [0.717, 1.165) is 0 Å². The third kappa shape index (κ3) is 1.73. The lowest BCUT2D eigenvalue weighted by Crippen LogP contribution is -1.93. The first-order valence-corrected chi connectivity index (χ1v) is 3.57. The first kappa shape index (κ1) is 9.82. The van der Waals surface area contributed by atoms with Crippen molar-refractivity contribution in [3.8, 4) is 5.75 Å². The molecule has 0 saturated carbocycles. The molecule has 0 unspecified atom stereocenters. The van der Waals surface area contributed by atoms with E-state index in [9.17, 15) is 10.1 Å². The van der Waals surface area contributed by atoms with Crippen LogP contribution in [-0.2, 0) is 0 Å². The Morgan fingerprint density at radius 1 is 1.64 bits per heavy atom. The van der Waals surface area contributed by atoms with Crippen LogP contribution in [0.2, 0.25) is 0 Å². The number of nitro groups is 1. The van der Waals surface area contributed by atoms with Crippen LogP contribution >= 0.6 is 0 Å². The predicted molar refractivity (Wildman–Crippen MR) is 48.5 cm³/mol. The van der Waals surface area contributed by atoms with Crippen LogP contribution < -0.4 is 4.74 Å². The Bertz CT molecular complexity index is 411. The predicted octanol–water partition coefficient (Wildman–Crippen LogP) is 2.55. The molecule has 0 heterocycles. The molecule has 72 valence electrons. The molecule has 1 rings (SSSR count). The molecule has 7 heteroatoms. The number of azide groups is 1. The van der Waals surface area contributed by atoms with E-state index >= 15 is 0 Å². The number of para-hydroxylation sites is 1. The molecule has 0 spiro atoms.